The van der Waals surface area contributed by atoms with E-state index in [2.05, 4.69) is 5.43 Å². The van der Waals surface area contributed by atoms with Gasteiger partial charge in [-0.2, -0.15) is 0 Å². The third kappa shape index (κ3) is 3.22. The van der Waals surface area contributed by atoms with Crippen molar-refractivity contribution in [2.24, 2.45) is 0 Å². The lowest BCUT2D eigenvalue weighted by Crippen LogP contribution is -2.39. The summed E-state index contributed by atoms with van der Waals surface area (Å²) in [4.78, 5) is 35.9. The van der Waals surface area contributed by atoms with Gasteiger partial charge in [0.05, 0.1) is 16.6 Å². The molecule has 2 aromatic rings. The summed E-state index contributed by atoms with van der Waals surface area (Å²) in [7, 11) is 0. The average molecular weight is 336 g/mol. The van der Waals surface area contributed by atoms with Crippen LogP contribution in [-0.4, -0.2) is 27.4 Å². The molecular formula is C16H17FN2O5. The molecule has 128 valence electrons. The molecule has 0 aliphatic rings. The van der Waals surface area contributed by atoms with Gasteiger partial charge < -0.3 is 9.84 Å². The zero-order valence-electron chi connectivity index (χ0n) is 13.6. The Morgan fingerprint density at radius 1 is 1.29 bits per heavy atom. The molecule has 1 aromatic heterocycles. The van der Waals surface area contributed by atoms with Crippen molar-refractivity contribution >= 4 is 22.8 Å². The second-order valence-corrected chi connectivity index (χ2v) is 6.18. The number of benzene rings is 1. The molecule has 0 saturated heterocycles. The Kier molecular flexibility index (Phi) is 4.33. The van der Waals surface area contributed by atoms with Crippen molar-refractivity contribution in [3.8, 4) is 0 Å². The summed E-state index contributed by atoms with van der Waals surface area (Å²) in [5.41, 5.74) is 0.142. The highest BCUT2D eigenvalue weighted by Gasteiger charge is 2.23. The van der Waals surface area contributed by atoms with E-state index in [4.69, 9.17) is 4.74 Å². The number of nitrogens with zero attached hydrogens (tertiary/aromatic N) is 1. The fraction of sp³-hybridized carbons (Fsp3) is 0.312. The van der Waals surface area contributed by atoms with E-state index in [1.54, 1.807) is 20.8 Å². The Hall–Kier alpha value is -2.90. The lowest BCUT2D eigenvalue weighted by molar-refractivity contribution is 0.0607. The maximum absolute atomic E-state index is 14.1. The summed E-state index contributed by atoms with van der Waals surface area (Å²) in [5.74, 6) is -2.22. The smallest absolute Gasteiger partial charge is 0.427 e. The number of nitrogens with one attached hydrogen (secondary N) is 1. The normalized spacial score (nSPS) is 11.4. The number of pyridine rings is 1. The van der Waals surface area contributed by atoms with Crippen molar-refractivity contribution in [3.63, 3.8) is 0 Å². The number of hydrogen-bond acceptors (Lipinski definition) is 4. The molecule has 0 bridgehead atoms. The number of carboxylic acid groups (broad SMARTS) is 1. The van der Waals surface area contributed by atoms with Crippen LogP contribution in [0.3, 0.4) is 0 Å². The van der Waals surface area contributed by atoms with Gasteiger partial charge in [0.2, 0.25) is 0 Å². The molecular weight excluding hydrogens is 319 g/mol. The molecule has 0 atom stereocenters. The lowest BCUT2D eigenvalue weighted by atomic mass is 10.0. The first-order valence-electron chi connectivity index (χ1n) is 7.10. The van der Waals surface area contributed by atoms with Gasteiger partial charge in [-0.1, -0.05) is 12.1 Å². The van der Waals surface area contributed by atoms with Gasteiger partial charge in [-0.25, -0.2) is 24.1 Å². The number of halogens is 1. The van der Waals surface area contributed by atoms with Gasteiger partial charge in [-0.05, 0) is 33.8 Å². The number of carbonyl (C=O) groups excluding carboxylic acids is 1. The molecule has 0 fully saturated rings. The largest absolute Gasteiger partial charge is 0.478 e. The Balaban J connectivity index is 2.71. The van der Waals surface area contributed by atoms with Gasteiger partial charge in [0.25, 0.3) is 5.56 Å². The highest BCUT2D eigenvalue weighted by molar-refractivity contribution is 6.04. The number of carbonyl (C=O) groups is 2. The molecule has 0 saturated carbocycles. The molecule has 24 heavy (non-hydrogen) atoms. The van der Waals surface area contributed by atoms with E-state index in [1.807, 2.05) is 0 Å². The minimum atomic E-state index is -1.34. The first kappa shape index (κ1) is 17.5. The van der Waals surface area contributed by atoms with Crippen LogP contribution in [0.15, 0.2) is 23.0 Å². The van der Waals surface area contributed by atoms with Crippen molar-refractivity contribution in [2.45, 2.75) is 33.3 Å². The molecule has 8 heteroatoms. The quantitative estimate of drug-likeness (QED) is 0.878. The van der Waals surface area contributed by atoms with E-state index in [-0.39, 0.29) is 16.6 Å². The Bertz CT molecular complexity index is 896. The first-order chi connectivity index (χ1) is 11.0. The Labute approximate surface area is 136 Å². The van der Waals surface area contributed by atoms with Crippen LogP contribution in [0.1, 0.15) is 36.8 Å². The minimum Gasteiger partial charge on any atom is -0.478 e. The van der Waals surface area contributed by atoms with E-state index in [1.165, 1.54) is 19.1 Å². The van der Waals surface area contributed by atoms with E-state index in [0.717, 1.165) is 6.07 Å². The van der Waals surface area contributed by atoms with Crippen LogP contribution in [0.25, 0.3) is 10.8 Å². The van der Waals surface area contributed by atoms with Gasteiger partial charge in [0, 0.05) is 5.39 Å². The maximum atomic E-state index is 14.1. The second-order valence-electron chi connectivity index (χ2n) is 6.18. The second kappa shape index (κ2) is 5.95. The third-order valence-corrected chi connectivity index (χ3v) is 3.21. The third-order valence-electron chi connectivity index (χ3n) is 3.21. The predicted molar refractivity (Wildman–Crippen MR) is 85.5 cm³/mol. The number of fused-ring (bicyclic) bond motifs is 1. The zero-order valence-corrected chi connectivity index (χ0v) is 13.6. The molecule has 0 unspecified atom stereocenters. The highest BCUT2D eigenvalue weighted by atomic mass is 19.1. The van der Waals surface area contributed by atoms with Crippen LogP contribution in [0.2, 0.25) is 0 Å². The zero-order chi connectivity index (χ0) is 18.2. The van der Waals surface area contributed by atoms with Gasteiger partial charge in [-0.15, -0.1) is 0 Å². The number of aromatic nitrogens is 1. The molecule has 0 spiro atoms. The van der Waals surface area contributed by atoms with Crippen LogP contribution in [0.4, 0.5) is 9.18 Å². The standard InChI is InChI=1S/C16H17FN2O5/c1-8-11(14(21)22)9-6-5-7-10(17)12(9)13(20)19(8)18-15(23)24-16(2,3)4/h5-7H,1-4H3,(H,18,23)(H,21,22). The summed E-state index contributed by atoms with van der Waals surface area (Å²) in [5, 5.41) is 8.95. The van der Waals surface area contributed by atoms with Crippen LogP contribution in [-0.2, 0) is 4.74 Å². The van der Waals surface area contributed by atoms with Crippen molar-refractivity contribution in [3.05, 3.63) is 45.6 Å². The number of rotatable bonds is 2. The molecule has 1 heterocycles. The van der Waals surface area contributed by atoms with Crippen molar-refractivity contribution in [2.75, 3.05) is 5.43 Å². The predicted octanol–water partition coefficient (Wildman–Crippen LogP) is 2.63. The number of carboxylic acids is 1. The van der Waals surface area contributed by atoms with Crippen molar-refractivity contribution < 1.29 is 23.8 Å². The Morgan fingerprint density at radius 3 is 2.46 bits per heavy atom. The summed E-state index contributed by atoms with van der Waals surface area (Å²) >= 11 is 0. The fourth-order valence-electron chi connectivity index (χ4n) is 2.32. The highest BCUT2D eigenvalue weighted by Crippen LogP contribution is 2.21. The number of ether oxygens (including phenoxy) is 1. The number of hydrogen-bond donors (Lipinski definition) is 2. The lowest BCUT2D eigenvalue weighted by Gasteiger charge is -2.21. The number of amides is 1. The number of aromatic carboxylic acids is 1. The van der Waals surface area contributed by atoms with Crippen LogP contribution in [0.5, 0.6) is 0 Å². The molecule has 2 rings (SSSR count). The van der Waals surface area contributed by atoms with E-state index in [9.17, 15) is 23.9 Å². The molecule has 1 aromatic carbocycles. The minimum absolute atomic E-state index is 0.0350. The molecule has 0 aliphatic carbocycles. The first-order valence-corrected chi connectivity index (χ1v) is 7.10. The SMILES string of the molecule is Cc1c(C(=O)O)c2cccc(F)c2c(=O)n1NC(=O)OC(C)(C)C. The summed E-state index contributed by atoms with van der Waals surface area (Å²) in [6.07, 6.45) is -0.959. The molecule has 2 N–H and O–H groups in total. The fourth-order valence-corrected chi connectivity index (χ4v) is 2.32. The molecule has 7 nitrogen and oxygen atoms in total. The van der Waals surface area contributed by atoms with Crippen LogP contribution in [0, 0.1) is 12.7 Å². The topological polar surface area (TPSA) is 97.6 Å². The molecule has 1 amide bonds. The summed E-state index contributed by atoms with van der Waals surface area (Å²) in [6.45, 7) is 6.23. The van der Waals surface area contributed by atoms with Gasteiger partial charge >= 0.3 is 12.1 Å². The van der Waals surface area contributed by atoms with Gasteiger partial charge in [-0.3, -0.25) is 4.79 Å². The summed E-state index contributed by atoms with van der Waals surface area (Å²) < 4.78 is 19.8. The molecule has 0 aliphatic heterocycles. The average Bonchev–Trinajstić information content (AvgIpc) is 2.41. The molecule has 0 radical (unpaired) electrons. The van der Waals surface area contributed by atoms with E-state index < -0.39 is 34.4 Å². The summed E-state index contributed by atoms with van der Waals surface area (Å²) in [6, 6.07) is 3.70. The van der Waals surface area contributed by atoms with Crippen molar-refractivity contribution in [1.29, 1.82) is 0 Å². The van der Waals surface area contributed by atoms with Gasteiger partial charge in [0.1, 0.15) is 11.4 Å². The van der Waals surface area contributed by atoms with Crippen molar-refractivity contribution in [1.82, 2.24) is 4.68 Å². The van der Waals surface area contributed by atoms with Crippen LogP contribution < -0.4 is 11.0 Å². The monoisotopic (exact) mass is 336 g/mol. The van der Waals surface area contributed by atoms with E-state index in [0.29, 0.717) is 4.68 Å². The van der Waals surface area contributed by atoms with E-state index >= 15 is 0 Å². The Morgan fingerprint density at radius 2 is 1.92 bits per heavy atom. The van der Waals surface area contributed by atoms with Crippen LogP contribution >= 0.6 is 0 Å². The maximum Gasteiger partial charge on any atom is 0.427 e. The van der Waals surface area contributed by atoms with Gasteiger partial charge in [0.15, 0.2) is 0 Å².